The molecular weight excluding hydrogens is 194 g/mol. The maximum atomic E-state index is 11.1. The van der Waals surface area contributed by atoms with Gasteiger partial charge in [0.25, 0.3) is 5.91 Å². The fourth-order valence-electron chi connectivity index (χ4n) is 0.976. The predicted molar refractivity (Wildman–Crippen MR) is 58.4 cm³/mol. The van der Waals surface area contributed by atoms with Crippen LogP contribution in [0.25, 0.3) is 0 Å². The number of rotatable bonds is 5. The van der Waals surface area contributed by atoms with Crippen LogP contribution in [0.3, 0.4) is 0 Å². The highest BCUT2D eigenvalue weighted by Gasteiger charge is 2.00. The fourth-order valence-corrected chi connectivity index (χ4v) is 0.976. The minimum absolute atomic E-state index is 0.0100. The van der Waals surface area contributed by atoms with Crippen molar-refractivity contribution in [3.05, 3.63) is 24.3 Å². The first-order valence-corrected chi connectivity index (χ1v) is 4.67. The van der Waals surface area contributed by atoms with E-state index in [0.717, 1.165) is 0 Å². The molecule has 1 aromatic carbocycles. The summed E-state index contributed by atoms with van der Waals surface area (Å²) in [6, 6.07) is 6.86. The number of amides is 1. The molecule has 82 valence electrons. The summed E-state index contributed by atoms with van der Waals surface area (Å²) in [4.78, 5) is 11.1. The van der Waals surface area contributed by atoms with Gasteiger partial charge in [-0.3, -0.25) is 4.79 Å². The Labute approximate surface area is 88.4 Å². The lowest BCUT2D eigenvalue weighted by molar-refractivity contribution is -0.123. The number of carbonyl (C=O) groups is 1. The maximum absolute atomic E-state index is 11.1. The zero-order valence-corrected chi connectivity index (χ0v) is 8.40. The average molecular weight is 209 g/mol. The van der Waals surface area contributed by atoms with Crippen LogP contribution < -0.4 is 21.5 Å². The van der Waals surface area contributed by atoms with Crippen molar-refractivity contribution in [2.45, 2.75) is 0 Å². The van der Waals surface area contributed by atoms with Crippen LogP contribution in [0, 0.1) is 0 Å². The predicted octanol–water partition coefficient (Wildman–Crippen LogP) is -0.277. The third-order valence-electron chi connectivity index (χ3n) is 1.72. The van der Waals surface area contributed by atoms with Gasteiger partial charge in [0.1, 0.15) is 5.75 Å². The van der Waals surface area contributed by atoms with Crippen molar-refractivity contribution in [3.8, 4) is 5.75 Å². The number of nitrogens with one attached hydrogen (secondary N) is 1. The molecule has 5 heteroatoms. The Balaban J connectivity index is 2.30. The van der Waals surface area contributed by atoms with E-state index in [4.69, 9.17) is 16.2 Å². The monoisotopic (exact) mass is 209 g/mol. The number of hydrogen-bond donors (Lipinski definition) is 3. The van der Waals surface area contributed by atoms with Crippen LogP contribution in [0.5, 0.6) is 5.75 Å². The van der Waals surface area contributed by atoms with E-state index in [-0.39, 0.29) is 12.5 Å². The van der Waals surface area contributed by atoms with E-state index in [1.165, 1.54) is 0 Å². The summed E-state index contributed by atoms with van der Waals surface area (Å²) < 4.78 is 5.21. The van der Waals surface area contributed by atoms with Gasteiger partial charge in [-0.25, -0.2) is 0 Å². The average Bonchev–Trinajstić information content (AvgIpc) is 2.25. The van der Waals surface area contributed by atoms with E-state index in [1.54, 1.807) is 24.3 Å². The van der Waals surface area contributed by atoms with E-state index in [2.05, 4.69) is 5.32 Å². The van der Waals surface area contributed by atoms with Gasteiger partial charge in [-0.15, -0.1) is 0 Å². The summed E-state index contributed by atoms with van der Waals surface area (Å²) in [6.45, 7) is 0.876. The molecule has 1 amide bonds. The molecule has 0 bridgehead atoms. The Kier molecular flexibility index (Phi) is 4.43. The Bertz CT molecular complexity index is 311. The second-order valence-electron chi connectivity index (χ2n) is 3.00. The van der Waals surface area contributed by atoms with Crippen molar-refractivity contribution < 1.29 is 9.53 Å². The lowest BCUT2D eigenvalue weighted by Gasteiger charge is -2.06. The van der Waals surface area contributed by atoms with Crippen LogP contribution in [0.15, 0.2) is 24.3 Å². The summed E-state index contributed by atoms with van der Waals surface area (Å²) in [5, 5.41) is 2.60. The van der Waals surface area contributed by atoms with Gasteiger partial charge in [0, 0.05) is 18.8 Å². The molecule has 5 nitrogen and oxygen atoms in total. The van der Waals surface area contributed by atoms with Crippen LogP contribution in [-0.2, 0) is 4.79 Å². The Morgan fingerprint density at radius 3 is 2.60 bits per heavy atom. The Morgan fingerprint density at radius 2 is 2.00 bits per heavy atom. The smallest absolute Gasteiger partial charge is 0.257 e. The van der Waals surface area contributed by atoms with E-state index in [0.29, 0.717) is 24.5 Å². The molecule has 0 radical (unpaired) electrons. The molecule has 0 saturated carbocycles. The van der Waals surface area contributed by atoms with Gasteiger partial charge in [-0.1, -0.05) is 0 Å². The summed E-state index contributed by atoms with van der Waals surface area (Å²) in [5.41, 5.74) is 11.4. The molecule has 15 heavy (non-hydrogen) atoms. The van der Waals surface area contributed by atoms with Crippen LogP contribution in [0.4, 0.5) is 5.69 Å². The molecular formula is C10H15N3O2. The molecule has 0 atom stereocenters. The van der Waals surface area contributed by atoms with Gasteiger partial charge in [-0.05, 0) is 24.3 Å². The summed E-state index contributed by atoms with van der Waals surface area (Å²) >= 11 is 0. The van der Waals surface area contributed by atoms with Gasteiger partial charge in [0.15, 0.2) is 6.61 Å². The third-order valence-corrected chi connectivity index (χ3v) is 1.72. The Hall–Kier alpha value is -1.75. The van der Waals surface area contributed by atoms with E-state index in [9.17, 15) is 4.79 Å². The summed E-state index contributed by atoms with van der Waals surface area (Å²) in [7, 11) is 0. The number of hydrogen-bond acceptors (Lipinski definition) is 4. The van der Waals surface area contributed by atoms with Gasteiger partial charge in [0.2, 0.25) is 0 Å². The van der Waals surface area contributed by atoms with Crippen molar-refractivity contribution in [1.29, 1.82) is 0 Å². The van der Waals surface area contributed by atoms with Gasteiger partial charge >= 0.3 is 0 Å². The molecule has 0 heterocycles. The molecule has 0 aliphatic heterocycles. The third kappa shape index (κ3) is 4.33. The molecule has 5 N–H and O–H groups in total. The van der Waals surface area contributed by atoms with Gasteiger partial charge in [-0.2, -0.15) is 0 Å². The number of nitrogen functional groups attached to an aromatic ring is 1. The largest absolute Gasteiger partial charge is 0.484 e. The topological polar surface area (TPSA) is 90.4 Å². The number of benzene rings is 1. The summed E-state index contributed by atoms with van der Waals surface area (Å²) in [5.74, 6) is 0.435. The molecule has 0 aromatic heterocycles. The van der Waals surface area contributed by atoms with Crippen molar-refractivity contribution in [3.63, 3.8) is 0 Å². The molecule has 0 spiro atoms. The Morgan fingerprint density at radius 1 is 1.33 bits per heavy atom. The van der Waals surface area contributed by atoms with Crippen molar-refractivity contribution in [2.24, 2.45) is 5.73 Å². The molecule has 0 saturated heterocycles. The van der Waals surface area contributed by atoms with Crippen LogP contribution >= 0.6 is 0 Å². The lowest BCUT2D eigenvalue weighted by atomic mass is 10.3. The van der Waals surface area contributed by atoms with Gasteiger partial charge < -0.3 is 21.5 Å². The van der Waals surface area contributed by atoms with Crippen LogP contribution in [0.2, 0.25) is 0 Å². The highest BCUT2D eigenvalue weighted by atomic mass is 16.5. The van der Waals surface area contributed by atoms with Gasteiger partial charge in [0.05, 0.1) is 0 Å². The maximum Gasteiger partial charge on any atom is 0.257 e. The first-order valence-electron chi connectivity index (χ1n) is 4.67. The zero-order valence-electron chi connectivity index (χ0n) is 8.40. The standard InChI is InChI=1S/C10H15N3O2/c11-5-6-13-10(14)7-15-9-3-1-8(12)2-4-9/h1-4H,5-7,11-12H2,(H,13,14). The molecule has 0 fully saturated rings. The second-order valence-corrected chi connectivity index (χ2v) is 3.00. The van der Waals surface area contributed by atoms with E-state index < -0.39 is 0 Å². The van der Waals surface area contributed by atoms with Crippen molar-refractivity contribution >= 4 is 11.6 Å². The van der Waals surface area contributed by atoms with Crippen molar-refractivity contribution in [1.82, 2.24) is 5.32 Å². The SMILES string of the molecule is NCCNC(=O)COc1ccc(N)cc1. The number of anilines is 1. The summed E-state index contributed by atoms with van der Waals surface area (Å²) in [6.07, 6.45) is 0. The fraction of sp³-hybridized carbons (Fsp3) is 0.300. The first kappa shape index (κ1) is 11.3. The van der Waals surface area contributed by atoms with Crippen LogP contribution in [-0.4, -0.2) is 25.6 Å². The van der Waals surface area contributed by atoms with Crippen LogP contribution in [0.1, 0.15) is 0 Å². The molecule has 0 unspecified atom stereocenters. The highest BCUT2D eigenvalue weighted by Crippen LogP contribution is 2.12. The highest BCUT2D eigenvalue weighted by molar-refractivity contribution is 5.77. The lowest BCUT2D eigenvalue weighted by Crippen LogP contribution is -2.32. The number of nitrogens with two attached hydrogens (primary N) is 2. The minimum Gasteiger partial charge on any atom is -0.484 e. The number of ether oxygens (including phenoxy) is 1. The van der Waals surface area contributed by atoms with E-state index in [1.807, 2.05) is 0 Å². The zero-order chi connectivity index (χ0) is 11.1. The quantitative estimate of drug-likeness (QED) is 0.582. The first-order chi connectivity index (χ1) is 7.22. The van der Waals surface area contributed by atoms with E-state index >= 15 is 0 Å². The van der Waals surface area contributed by atoms with Crippen molar-refractivity contribution in [2.75, 3.05) is 25.4 Å². The second kappa shape index (κ2) is 5.87. The molecule has 0 aliphatic carbocycles. The molecule has 0 aliphatic rings. The minimum atomic E-state index is -0.183. The molecule has 1 rings (SSSR count). The number of carbonyl (C=O) groups excluding carboxylic acids is 1. The molecule has 1 aromatic rings. The normalized spacial score (nSPS) is 9.67.